The third-order valence-corrected chi connectivity index (χ3v) is 3.33. The Balaban J connectivity index is 1.97. The Labute approximate surface area is 106 Å². The first kappa shape index (κ1) is 13.0. The number of hydrogen-bond acceptors (Lipinski definition) is 5. The molecule has 0 saturated heterocycles. The minimum Gasteiger partial charge on any atom is -0.480 e. The summed E-state index contributed by atoms with van der Waals surface area (Å²) >= 11 is 0. The normalized spacial score (nSPS) is 17.4. The van der Waals surface area contributed by atoms with Crippen LogP contribution in [-0.4, -0.2) is 49.9 Å². The van der Waals surface area contributed by atoms with E-state index < -0.39 is 12.0 Å². The average molecular weight is 253 g/mol. The van der Waals surface area contributed by atoms with Crippen LogP contribution in [0.4, 0.5) is 0 Å². The number of unbranched alkanes of at least 4 members (excludes halogenated alkanes) is 1. The van der Waals surface area contributed by atoms with Crippen molar-refractivity contribution in [2.75, 3.05) is 13.1 Å². The van der Waals surface area contributed by atoms with Gasteiger partial charge in [0, 0.05) is 13.1 Å². The number of hydrogen-bond donors (Lipinski definition) is 2. The van der Waals surface area contributed by atoms with Gasteiger partial charge in [0.15, 0.2) is 0 Å². The SMILES string of the molecule is NCCCCC(C(=O)O)N1CCn2cnnc2C1. The second kappa shape index (κ2) is 5.92. The van der Waals surface area contributed by atoms with Gasteiger partial charge in [-0.1, -0.05) is 6.42 Å². The highest BCUT2D eigenvalue weighted by Crippen LogP contribution is 2.16. The summed E-state index contributed by atoms with van der Waals surface area (Å²) in [5, 5.41) is 17.2. The molecular formula is C11H19N5O2. The van der Waals surface area contributed by atoms with E-state index in [-0.39, 0.29) is 0 Å². The highest BCUT2D eigenvalue weighted by molar-refractivity contribution is 5.73. The van der Waals surface area contributed by atoms with Gasteiger partial charge in [0.05, 0.1) is 6.54 Å². The molecule has 1 atom stereocenters. The standard InChI is InChI=1S/C11H19N5O2/c12-4-2-1-3-9(11(17)18)15-5-6-16-8-13-14-10(16)7-15/h8-9H,1-7,12H2,(H,17,18). The second-order valence-corrected chi connectivity index (χ2v) is 4.55. The van der Waals surface area contributed by atoms with E-state index in [9.17, 15) is 9.90 Å². The van der Waals surface area contributed by atoms with Crippen LogP contribution in [0.15, 0.2) is 6.33 Å². The molecule has 0 bridgehead atoms. The van der Waals surface area contributed by atoms with Gasteiger partial charge in [0.1, 0.15) is 18.2 Å². The fourth-order valence-electron chi connectivity index (χ4n) is 2.30. The van der Waals surface area contributed by atoms with Gasteiger partial charge in [-0.05, 0) is 19.4 Å². The van der Waals surface area contributed by atoms with Gasteiger partial charge in [0.2, 0.25) is 0 Å². The molecule has 100 valence electrons. The predicted octanol–water partition coefficient (Wildman–Crippen LogP) is -0.324. The number of fused-ring (bicyclic) bond motifs is 1. The number of nitrogens with two attached hydrogens (primary N) is 1. The Morgan fingerprint density at radius 2 is 2.33 bits per heavy atom. The molecule has 0 amide bonds. The summed E-state index contributed by atoms with van der Waals surface area (Å²) in [5.74, 6) is 0.0753. The predicted molar refractivity (Wildman–Crippen MR) is 64.8 cm³/mol. The molecule has 3 N–H and O–H groups in total. The van der Waals surface area contributed by atoms with E-state index in [1.165, 1.54) is 0 Å². The van der Waals surface area contributed by atoms with Crippen molar-refractivity contribution in [2.24, 2.45) is 5.73 Å². The molecule has 0 fully saturated rings. The molecule has 0 spiro atoms. The first-order chi connectivity index (χ1) is 8.72. The molecule has 7 nitrogen and oxygen atoms in total. The number of carboxylic acid groups (broad SMARTS) is 1. The monoisotopic (exact) mass is 253 g/mol. The molecule has 0 radical (unpaired) electrons. The topological polar surface area (TPSA) is 97.3 Å². The van der Waals surface area contributed by atoms with E-state index in [1.54, 1.807) is 6.33 Å². The quantitative estimate of drug-likeness (QED) is 0.674. The third-order valence-electron chi connectivity index (χ3n) is 3.33. The molecule has 2 rings (SSSR count). The minimum absolute atomic E-state index is 0.443. The van der Waals surface area contributed by atoms with Crippen LogP contribution in [-0.2, 0) is 17.9 Å². The van der Waals surface area contributed by atoms with Crippen LogP contribution < -0.4 is 5.73 Å². The van der Waals surface area contributed by atoms with E-state index >= 15 is 0 Å². The van der Waals surface area contributed by atoms with E-state index in [0.717, 1.165) is 31.8 Å². The zero-order valence-corrected chi connectivity index (χ0v) is 10.3. The van der Waals surface area contributed by atoms with E-state index in [2.05, 4.69) is 10.2 Å². The van der Waals surface area contributed by atoms with E-state index in [0.29, 0.717) is 19.5 Å². The van der Waals surface area contributed by atoms with Gasteiger partial charge in [0.25, 0.3) is 0 Å². The van der Waals surface area contributed by atoms with Crippen molar-refractivity contribution in [1.82, 2.24) is 19.7 Å². The molecule has 1 unspecified atom stereocenters. The molecule has 1 aromatic rings. The Hall–Kier alpha value is -1.47. The fraction of sp³-hybridized carbons (Fsp3) is 0.727. The maximum atomic E-state index is 11.3. The average Bonchev–Trinajstić information content (AvgIpc) is 2.81. The van der Waals surface area contributed by atoms with Gasteiger partial charge in [-0.25, -0.2) is 0 Å². The lowest BCUT2D eigenvalue weighted by molar-refractivity contribution is -0.144. The molecule has 0 saturated carbocycles. The summed E-state index contributed by atoms with van der Waals surface area (Å²) in [5.41, 5.74) is 5.44. The van der Waals surface area contributed by atoms with Crippen LogP contribution in [0.25, 0.3) is 0 Å². The van der Waals surface area contributed by atoms with Gasteiger partial charge in [-0.2, -0.15) is 0 Å². The number of aliphatic carboxylic acids is 1. The fourth-order valence-corrected chi connectivity index (χ4v) is 2.30. The van der Waals surface area contributed by atoms with Crippen molar-refractivity contribution in [3.8, 4) is 0 Å². The summed E-state index contributed by atoms with van der Waals surface area (Å²) in [6, 6.07) is -0.443. The number of aromatic nitrogens is 3. The summed E-state index contributed by atoms with van der Waals surface area (Å²) in [4.78, 5) is 13.3. The zero-order chi connectivity index (χ0) is 13.0. The maximum Gasteiger partial charge on any atom is 0.320 e. The number of carbonyl (C=O) groups is 1. The van der Waals surface area contributed by atoms with E-state index in [1.807, 2.05) is 9.47 Å². The van der Waals surface area contributed by atoms with Crippen molar-refractivity contribution in [1.29, 1.82) is 0 Å². The molecule has 7 heteroatoms. The molecule has 18 heavy (non-hydrogen) atoms. The molecule has 1 aliphatic heterocycles. The second-order valence-electron chi connectivity index (χ2n) is 4.55. The van der Waals surface area contributed by atoms with Crippen molar-refractivity contribution < 1.29 is 9.90 Å². The van der Waals surface area contributed by atoms with Gasteiger partial charge in [-0.3, -0.25) is 9.69 Å². The molecule has 1 aromatic heterocycles. The summed E-state index contributed by atoms with van der Waals surface area (Å²) in [7, 11) is 0. The highest BCUT2D eigenvalue weighted by atomic mass is 16.4. The van der Waals surface area contributed by atoms with Crippen LogP contribution >= 0.6 is 0 Å². The van der Waals surface area contributed by atoms with Crippen molar-refractivity contribution >= 4 is 5.97 Å². The Bertz CT molecular complexity index is 406. The molecule has 0 aromatic carbocycles. The first-order valence-electron chi connectivity index (χ1n) is 6.26. The van der Waals surface area contributed by atoms with Crippen molar-refractivity contribution in [3.63, 3.8) is 0 Å². The van der Waals surface area contributed by atoms with Crippen molar-refractivity contribution in [2.45, 2.75) is 38.4 Å². The summed E-state index contributed by atoms with van der Waals surface area (Å²) in [6.07, 6.45) is 4.04. The largest absolute Gasteiger partial charge is 0.480 e. The third kappa shape index (κ3) is 2.85. The molecule has 0 aliphatic carbocycles. The minimum atomic E-state index is -0.764. The van der Waals surface area contributed by atoms with Crippen LogP contribution in [0.2, 0.25) is 0 Å². The van der Waals surface area contributed by atoms with Crippen molar-refractivity contribution in [3.05, 3.63) is 12.2 Å². The first-order valence-corrected chi connectivity index (χ1v) is 6.26. The Morgan fingerprint density at radius 1 is 1.50 bits per heavy atom. The summed E-state index contributed by atoms with van der Waals surface area (Å²) < 4.78 is 1.97. The number of carboxylic acids is 1. The van der Waals surface area contributed by atoms with E-state index in [4.69, 9.17) is 5.73 Å². The lowest BCUT2D eigenvalue weighted by Crippen LogP contribution is -2.45. The van der Waals surface area contributed by atoms with Crippen LogP contribution in [0, 0.1) is 0 Å². The highest BCUT2D eigenvalue weighted by Gasteiger charge is 2.28. The van der Waals surface area contributed by atoms with Gasteiger partial charge < -0.3 is 15.4 Å². The van der Waals surface area contributed by atoms with Gasteiger partial charge in [-0.15, -0.1) is 10.2 Å². The lowest BCUT2D eigenvalue weighted by atomic mass is 10.1. The Morgan fingerprint density at radius 3 is 3.06 bits per heavy atom. The molecule has 2 heterocycles. The van der Waals surface area contributed by atoms with Crippen LogP contribution in [0.3, 0.4) is 0 Å². The van der Waals surface area contributed by atoms with Crippen LogP contribution in [0.1, 0.15) is 25.1 Å². The van der Waals surface area contributed by atoms with Gasteiger partial charge >= 0.3 is 5.97 Å². The number of rotatable bonds is 6. The van der Waals surface area contributed by atoms with Crippen LogP contribution in [0.5, 0.6) is 0 Å². The lowest BCUT2D eigenvalue weighted by Gasteiger charge is -2.31. The molecular weight excluding hydrogens is 234 g/mol. The summed E-state index contributed by atoms with van der Waals surface area (Å²) in [6.45, 7) is 2.65. The number of nitrogens with zero attached hydrogens (tertiary/aromatic N) is 4. The molecule has 1 aliphatic rings. The Kier molecular flexibility index (Phi) is 4.27. The smallest absolute Gasteiger partial charge is 0.320 e. The zero-order valence-electron chi connectivity index (χ0n) is 10.3. The maximum absolute atomic E-state index is 11.3.